The summed E-state index contributed by atoms with van der Waals surface area (Å²) in [5.41, 5.74) is 8.18. The number of hydrogen-bond donors (Lipinski definition) is 1. The molecule has 0 saturated carbocycles. The fraction of sp³-hybridized carbons (Fsp3) is 0.500. The van der Waals surface area contributed by atoms with E-state index in [0.29, 0.717) is 6.42 Å². The van der Waals surface area contributed by atoms with Crippen LogP contribution in [0.5, 0.6) is 0 Å². The van der Waals surface area contributed by atoms with Gasteiger partial charge in [0.05, 0.1) is 0 Å². The molecule has 3 nitrogen and oxygen atoms in total. The number of carbonyl (C=O) groups excluding carboxylic acids is 1. The fourth-order valence-electron chi connectivity index (χ4n) is 2.31. The molecule has 0 spiro atoms. The van der Waals surface area contributed by atoms with Crippen LogP contribution in [-0.4, -0.2) is 12.5 Å². The van der Waals surface area contributed by atoms with E-state index in [1.54, 1.807) is 0 Å². The lowest BCUT2D eigenvalue weighted by atomic mass is 9.97. The molecule has 92 valence electrons. The normalized spacial score (nSPS) is 18.9. The second kappa shape index (κ2) is 5.32. The van der Waals surface area contributed by atoms with Gasteiger partial charge in [-0.25, -0.2) is 0 Å². The number of unbranched alkanes of at least 4 members (excludes halogenated alkanes) is 1. The van der Waals surface area contributed by atoms with Gasteiger partial charge in [-0.3, -0.25) is 4.79 Å². The molecule has 0 aliphatic carbocycles. The Bertz CT molecular complexity index is 403. The summed E-state index contributed by atoms with van der Waals surface area (Å²) in [4.78, 5) is 14.0. The predicted octanol–water partition coefficient (Wildman–Crippen LogP) is 2.61. The van der Waals surface area contributed by atoms with E-state index < -0.39 is 0 Å². The van der Waals surface area contributed by atoms with Crippen LogP contribution in [0.15, 0.2) is 24.3 Å². The molecule has 2 N–H and O–H groups in total. The molecule has 17 heavy (non-hydrogen) atoms. The van der Waals surface area contributed by atoms with Crippen molar-refractivity contribution in [1.29, 1.82) is 0 Å². The number of rotatable bonds is 3. The van der Waals surface area contributed by atoms with Crippen molar-refractivity contribution in [3.05, 3.63) is 29.8 Å². The molecule has 1 atom stereocenters. The average molecular weight is 232 g/mol. The highest BCUT2D eigenvalue weighted by atomic mass is 16.2. The molecule has 1 aliphatic heterocycles. The molecular weight excluding hydrogens is 212 g/mol. The summed E-state index contributed by atoms with van der Waals surface area (Å²) in [5, 5.41) is 0. The highest BCUT2D eigenvalue weighted by Crippen LogP contribution is 2.32. The Morgan fingerprint density at radius 2 is 2.24 bits per heavy atom. The molecule has 0 fully saturated rings. The van der Waals surface area contributed by atoms with Crippen LogP contribution >= 0.6 is 0 Å². The molecule has 2 rings (SSSR count). The summed E-state index contributed by atoms with van der Waals surface area (Å²) in [6.45, 7) is 2.86. The molecule has 1 heterocycles. The van der Waals surface area contributed by atoms with Gasteiger partial charge in [0.1, 0.15) is 0 Å². The quantitative estimate of drug-likeness (QED) is 0.870. The van der Waals surface area contributed by atoms with Crippen molar-refractivity contribution in [3.8, 4) is 0 Å². The minimum atomic E-state index is 0.0708. The molecule has 1 aliphatic rings. The van der Waals surface area contributed by atoms with E-state index >= 15 is 0 Å². The summed E-state index contributed by atoms with van der Waals surface area (Å²) >= 11 is 0. The summed E-state index contributed by atoms with van der Waals surface area (Å²) in [6.07, 6.45) is 3.51. The standard InChI is InChI=1S/C14H20N2O/c1-2-3-8-14(17)16-10-9-12(15)11-6-4-5-7-13(11)16/h4-7,12H,2-3,8-10,15H2,1H3. The number of fused-ring (bicyclic) bond motifs is 1. The Labute approximate surface area is 103 Å². The van der Waals surface area contributed by atoms with E-state index in [-0.39, 0.29) is 11.9 Å². The van der Waals surface area contributed by atoms with E-state index in [0.717, 1.165) is 37.1 Å². The van der Waals surface area contributed by atoms with Crippen molar-refractivity contribution in [3.63, 3.8) is 0 Å². The maximum absolute atomic E-state index is 12.1. The Morgan fingerprint density at radius 3 is 3.00 bits per heavy atom. The van der Waals surface area contributed by atoms with Crippen molar-refractivity contribution in [2.75, 3.05) is 11.4 Å². The third-order valence-corrected chi connectivity index (χ3v) is 3.34. The number of para-hydroxylation sites is 1. The molecule has 0 radical (unpaired) electrons. The monoisotopic (exact) mass is 232 g/mol. The van der Waals surface area contributed by atoms with Gasteiger partial charge in [0, 0.05) is 24.7 Å². The van der Waals surface area contributed by atoms with Gasteiger partial charge in [0.15, 0.2) is 0 Å². The number of nitrogens with two attached hydrogens (primary N) is 1. The third kappa shape index (κ3) is 2.50. The van der Waals surface area contributed by atoms with Crippen LogP contribution in [0.2, 0.25) is 0 Å². The van der Waals surface area contributed by atoms with E-state index in [1.807, 2.05) is 29.2 Å². The number of benzene rings is 1. The highest BCUT2D eigenvalue weighted by Gasteiger charge is 2.25. The van der Waals surface area contributed by atoms with E-state index in [1.165, 1.54) is 0 Å². The second-order valence-electron chi connectivity index (χ2n) is 4.60. The molecule has 3 heteroatoms. The number of anilines is 1. The first-order valence-electron chi connectivity index (χ1n) is 6.39. The summed E-state index contributed by atoms with van der Waals surface area (Å²) < 4.78 is 0. The van der Waals surface area contributed by atoms with Gasteiger partial charge in [-0.2, -0.15) is 0 Å². The smallest absolute Gasteiger partial charge is 0.226 e. The third-order valence-electron chi connectivity index (χ3n) is 3.34. The van der Waals surface area contributed by atoms with E-state index in [9.17, 15) is 4.79 Å². The topological polar surface area (TPSA) is 46.3 Å². The van der Waals surface area contributed by atoms with Gasteiger partial charge in [-0.15, -0.1) is 0 Å². The van der Waals surface area contributed by atoms with Crippen LogP contribution in [0.1, 0.15) is 44.2 Å². The molecule has 1 amide bonds. The molecule has 0 aromatic heterocycles. The van der Waals surface area contributed by atoms with Crippen LogP contribution in [-0.2, 0) is 4.79 Å². The van der Waals surface area contributed by atoms with Crippen LogP contribution in [0, 0.1) is 0 Å². The van der Waals surface area contributed by atoms with Gasteiger partial charge in [0.25, 0.3) is 0 Å². The lowest BCUT2D eigenvalue weighted by Crippen LogP contribution is -2.38. The van der Waals surface area contributed by atoms with Gasteiger partial charge < -0.3 is 10.6 Å². The zero-order valence-corrected chi connectivity index (χ0v) is 10.4. The fourth-order valence-corrected chi connectivity index (χ4v) is 2.31. The SMILES string of the molecule is CCCCC(=O)N1CCC(N)c2ccccc21. The van der Waals surface area contributed by atoms with Crippen molar-refractivity contribution in [2.45, 2.75) is 38.6 Å². The molecule has 1 aromatic carbocycles. The van der Waals surface area contributed by atoms with E-state index in [4.69, 9.17) is 5.73 Å². The van der Waals surface area contributed by atoms with Crippen molar-refractivity contribution in [2.24, 2.45) is 5.73 Å². The zero-order chi connectivity index (χ0) is 12.3. The average Bonchev–Trinajstić information content (AvgIpc) is 2.37. The zero-order valence-electron chi connectivity index (χ0n) is 10.4. The minimum absolute atomic E-state index is 0.0708. The minimum Gasteiger partial charge on any atom is -0.324 e. The predicted molar refractivity (Wildman–Crippen MR) is 69.9 cm³/mol. The number of nitrogens with zero attached hydrogens (tertiary/aromatic N) is 1. The number of amides is 1. The number of hydrogen-bond acceptors (Lipinski definition) is 2. The van der Waals surface area contributed by atoms with Gasteiger partial charge >= 0.3 is 0 Å². The number of carbonyl (C=O) groups is 1. The second-order valence-corrected chi connectivity index (χ2v) is 4.60. The Morgan fingerprint density at radius 1 is 1.47 bits per heavy atom. The van der Waals surface area contributed by atoms with Crippen molar-refractivity contribution >= 4 is 11.6 Å². The van der Waals surface area contributed by atoms with Crippen LogP contribution in [0.25, 0.3) is 0 Å². The van der Waals surface area contributed by atoms with Gasteiger partial charge in [-0.1, -0.05) is 31.5 Å². The maximum Gasteiger partial charge on any atom is 0.226 e. The van der Waals surface area contributed by atoms with Gasteiger partial charge in [-0.05, 0) is 24.5 Å². The van der Waals surface area contributed by atoms with Crippen LogP contribution in [0.3, 0.4) is 0 Å². The first-order chi connectivity index (χ1) is 8.24. The highest BCUT2D eigenvalue weighted by molar-refractivity contribution is 5.94. The first-order valence-corrected chi connectivity index (χ1v) is 6.39. The molecular formula is C14H20N2O. The first kappa shape index (κ1) is 12.1. The van der Waals surface area contributed by atoms with Crippen LogP contribution < -0.4 is 10.6 Å². The van der Waals surface area contributed by atoms with Crippen molar-refractivity contribution in [1.82, 2.24) is 0 Å². The summed E-state index contributed by atoms with van der Waals surface area (Å²) in [5.74, 6) is 0.228. The Hall–Kier alpha value is -1.35. The Balaban J connectivity index is 2.21. The largest absolute Gasteiger partial charge is 0.324 e. The Kier molecular flexibility index (Phi) is 3.79. The van der Waals surface area contributed by atoms with Crippen LogP contribution in [0.4, 0.5) is 5.69 Å². The lowest BCUT2D eigenvalue weighted by molar-refractivity contribution is -0.118. The summed E-state index contributed by atoms with van der Waals surface area (Å²) in [6, 6.07) is 8.05. The molecule has 0 saturated heterocycles. The van der Waals surface area contributed by atoms with E-state index in [2.05, 4.69) is 6.92 Å². The lowest BCUT2D eigenvalue weighted by Gasteiger charge is -2.32. The molecule has 0 bridgehead atoms. The summed E-state index contributed by atoms with van der Waals surface area (Å²) in [7, 11) is 0. The molecule has 1 aromatic rings. The molecule has 1 unspecified atom stereocenters. The van der Waals surface area contributed by atoms with Crippen molar-refractivity contribution < 1.29 is 4.79 Å². The maximum atomic E-state index is 12.1. The van der Waals surface area contributed by atoms with Gasteiger partial charge in [0.2, 0.25) is 5.91 Å².